The normalized spacial score (nSPS) is 19.1. The largest absolute Gasteiger partial charge is 0.361 e. The number of piperidine rings is 1. The molecule has 0 saturated carbocycles. The molecule has 8 heteroatoms. The van der Waals surface area contributed by atoms with Crippen LogP contribution in [0.15, 0.2) is 79.1 Å². The van der Waals surface area contributed by atoms with Crippen LogP contribution in [0.2, 0.25) is 10.0 Å². The van der Waals surface area contributed by atoms with E-state index < -0.39 is 0 Å². The van der Waals surface area contributed by atoms with Gasteiger partial charge in [-0.15, -0.1) is 0 Å². The van der Waals surface area contributed by atoms with Gasteiger partial charge in [-0.3, -0.25) is 9.59 Å². The highest BCUT2D eigenvalue weighted by Gasteiger charge is 2.44. The zero-order valence-corrected chi connectivity index (χ0v) is 23.3. The molecule has 1 unspecified atom stereocenters. The number of rotatable bonds is 4. The summed E-state index contributed by atoms with van der Waals surface area (Å²) >= 11 is 12.3. The van der Waals surface area contributed by atoms with Crippen molar-refractivity contribution >= 4 is 62.5 Å². The molecule has 0 aliphatic carbocycles. The lowest BCUT2D eigenvalue weighted by molar-refractivity contribution is -0.137. The monoisotopic (exact) mass is 570 g/mol. The number of aromatic amines is 2. The van der Waals surface area contributed by atoms with E-state index in [1.165, 1.54) is 21.9 Å². The number of nitrogens with zero attached hydrogens (tertiary/aromatic N) is 2. The van der Waals surface area contributed by atoms with E-state index in [4.69, 9.17) is 23.2 Å². The number of halogens is 2. The van der Waals surface area contributed by atoms with E-state index in [0.29, 0.717) is 35.4 Å². The fourth-order valence-corrected chi connectivity index (χ4v) is 7.05. The number of carbonyl (C=O) groups excluding carboxylic acids is 2. The molecule has 0 radical (unpaired) electrons. The van der Waals surface area contributed by atoms with E-state index in [0.717, 1.165) is 23.9 Å². The summed E-state index contributed by atoms with van der Waals surface area (Å²) in [5, 5.41) is 3.26. The van der Waals surface area contributed by atoms with E-state index in [2.05, 4.69) is 58.8 Å². The molecule has 3 aromatic carbocycles. The van der Waals surface area contributed by atoms with Crippen LogP contribution >= 0.6 is 23.2 Å². The predicted molar refractivity (Wildman–Crippen MR) is 160 cm³/mol. The standard InChI is InChI=1S/C32H28Cl2N4O2/c33-26-10-9-21(16-27(26)34)38-19-20(15-30(38)39)31(40)37-13-11-32(12-14-37,24-17-35-28-7-3-1-5-22(24)28)25-18-36-29-8-4-2-6-23(25)29/h1-10,16-18,20,35-36H,11-15,19H2. The summed E-state index contributed by atoms with van der Waals surface area (Å²) in [6, 6.07) is 22.0. The third kappa shape index (κ3) is 4.01. The molecule has 6 nitrogen and oxygen atoms in total. The van der Waals surface area contributed by atoms with Crippen LogP contribution in [0.25, 0.3) is 21.8 Å². The Kier molecular flexibility index (Phi) is 6.13. The molecule has 7 rings (SSSR count). The Labute approximate surface area is 241 Å². The van der Waals surface area contributed by atoms with Gasteiger partial charge in [0.15, 0.2) is 0 Å². The number of aromatic nitrogens is 2. The van der Waals surface area contributed by atoms with Crippen molar-refractivity contribution in [2.45, 2.75) is 24.7 Å². The van der Waals surface area contributed by atoms with Crippen LogP contribution in [0.5, 0.6) is 0 Å². The van der Waals surface area contributed by atoms with Gasteiger partial charge >= 0.3 is 0 Å². The lowest BCUT2D eigenvalue weighted by atomic mass is 9.67. The number of benzene rings is 3. The fraction of sp³-hybridized carbons (Fsp3) is 0.250. The van der Waals surface area contributed by atoms with Crippen LogP contribution in [0.1, 0.15) is 30.4 Å². The van der Waals surface area contributed by atoms with Crippen LogP contribution in [0, 0.1) is 5.92 Å². The average molecular weight is 572 g/mol. The maximum Gasteiger partial charge on any atom is 0.228 e. The maximum atomic E-state index is 13.7. The number of hydrogen-bond donors (Lipinski definition) is 2. The highest BCUT2D eigenvalue weighted by atomic mass is 35.5. The molecule has 2 saturated heterocycles. The van der Waals surface area contributed by atoms with Gasteiger partial charge in [0.2, 0.25) is 11.8 Å². The minimum atomic E-state index is -0.379. The van der Waals surface area contributed by atoms with Crippen LogP contribution in [0.4, 0.5) is 5.69 Å². The first kappa shape index (κ1) is 25.2. The molecule has 0 bridgehead atoms. The van der Waals surface area contributed by atoms with Crippen molar-refractivity contribution in [3.63, 3.8) is 0 Å². The molecule has 2 aromatic heterocycles. The third-order valence-electron chi connectivity index (χ3n) is 8.83. The number of nitrogens with one attached hydrogen (secondary N) is 2. The summed E-state index contributed by atoms with van der Waals surface area (Å²) in [4.78, 5) is 37.2. The van der Waals surface area contributed by atoms with E-state index in [1.54, 1.807) is 23.1 Å². The summed E-state index contributed by atoms with van der Waals surface area (Å²) in [5.41, 5.74) is 5.17. The highest BCUT2D eigenvalue weighted by Crippen LogP contribution is 2.47. The lowest BCUT2D eigenvalue weighted by Gasteiger charge is -2.43. The van der Waals surface area contributed by atoms with Gasteiger partial charge in [-0.05, 0) is 54.3 Å². The Bertz CT molecular complexity index is 1690. The van der Waals surface area contributed by atoms with Crippen LogP contribution in [0.3, 0.4) is 0 Å². The van der Waals surface area contributed by atoms with Crippen LogP contribution < -0.4 is 4.90 Å². The van der Waals surface area contributed by atoms with E-state index >= 15 is 0 Å². The van der Waals surface area contributed by atoms with Crippen molar-refractivity contribution in [3.8, 4) is 0 Å². The number of fused-ring (bicyclic) bond motifs is 2. The van der Waals surface area contributed by atoms with Crippen molar-refractivity contribution in [2.24, 2.45) is 5.92 Å². The second kappa shape index (κ2) is 9.72. The first-order valence-corrected chi connectivity index (χ1v) is 14.4. The molecular weight excluding hydrogens is 543 g/mol. The molecule has 2 N–H and O–H groups in total. The van der Waals surface area contributed by atoms with E-state index in [-0.39, 0.29) is 29.6 Å². The van der Waals surface area contributed by atoms with Crippen LogP contribution in [-0.2, 0) is 15.0 Å². The van der Waals surface area contributed by atoms with Gasteiger partial charge in [-0.1, -0.05) is 59.6 Å². The quantitative estimate of drug-likeness (QED) is 0.246. The molecule has 2 aliphatic rings. The first-order chi connectivity index (χ1) is 19.4. The maximum absolute atomic E-state index is 13.7. The average Bonchev–Trinajstić information content (AvgIpc) is 3.71. The van der Waals surface area contributed by atoms with Crippen molar-refractivity contribution in [2.75, 3.05) is 24.5 Å². The van der Waals surface area contributed by atoms with Gasteiger partial charge in [-0.25, -0.2) is 0 Å². The predicted octanol–water partition coefficient (Wildman–Crippen LogP) is 6.92. The molecule has 2 amide bonds. The van der Waals surface area contributed by atoms with Gasteiger partial charge in [0, 0.05) is 71.4 Å². The van der Waals surface area contributed by atoms with Crippen molar-refractivity contribution < 1.29 is 9.59 Å². The molecule has 4 heterocycles. The van der Waals surface area contributed by atoms with Gasteiger partial charge in [0.05, 0.1) is 16.0 Å². The fourth-order valence-electron chi connectivity index (χ4n) is 6.76. The molecule has 5 aromatic rings. The molecule has 2 aliphatic heterocycles. The van der Waals surface area contributed by atoms with Crippen molar-refractivity contribution in [1.82, 2.24) is 14.9 Å². The molecule has 2 fully saturated rings. The summed E-state index contributed by atoms with van der Waals surface area (Å²) in [6.45, 7) is 1.59. The van der Waals surface area contributed by atoms with Crippen molar-refractivity contribution in [1.29, 1.82) is 0 Å². The Balaban J connectivity index is 1.17. The number of carbonyl (C=O) groups is 2. The summed E-state index contributed by atoms with van der Waals surface area (Å²) in [5.74, 6) is -0.404. The summed E-state index contributed by atoms with van der Waals surface area (Å²) in [7, 11) is 0. The minimum absolute atomic E-state index is 0.0439. The number of hydrogen-bond acceptors (Lipinski definition) is 2. The SMILES string of the molecule is O=C(C1CC(=O)N(c2ccc(Cl)c(Cl)c2)C1)N1CCC(c2c[nH]c3ccccc23)(c2c[nH]c3ccccc23)CC1. The zero-order valence-electron chi connectivity index (χ0n) is 21.8. The van der Waals surface area contributed by atoms with Gasteiger partial charge in [0.1, 0.15) is 0 Å². The second-order valence-electron chi connectivity index (χ2n) is 10.9. The van der Waals surface area contributed by atoms with Gasteiger partial charge in [-0.2, -0.15) is 0 Å². The summed E-state index contributed by atoms with van der Waals surface area (Å²) < 4.78 is 0. The third-order valence-corrected chi connectivity index (χ3v) is 9.57. The number of para-hydroxylation sites is 2. The lowest BCUT2D eigenvalue weighted by Crippen LogP contribution is -2.47. The Hall–Kier alpha value is -3.74. The first-order valence-electron chi connectivity index (χ1n) is 13.6. The summed E-state index contributed by atoms with van der Waals surface area (Å²) in [6.07, 6.45) is 6.08. The molecular formula is C32H28Cl2N4O2. The van der Waals surface area contributed by atoms with Crippen molar-refractivity contribution in [3.05, 3.63) is 100 Å². The second-order valence-corrected chi connectivity index (χ2v) is 11.7. The molecule has 1 atom stereocenters. The van der Waals surface area contributed by atoms with E-state index in [1.807, 2.05) is 17.0 Å². The van der Waals surface area contributed by atoms with Gasteiger partial charge in [0.25, 0.3) is 0 Å². The molecule has 40 heavy (non-hydrogen) atoms. The molecule has 0 spiro atoms. The Morgan fingerprint density at radius 3 is 2.02 bits per heavy atom. The smallest absolute Gasteiger partial charge is 0.228 e. The Morgan fingerprint density at radius 2 is 1.43 bits per heavy atom. The number of H-pyrrole nitrogens is 2. The number of anilines is 1. The minimum Gasteiger partial charge on any atom is -0.361 e. The highest BCUT2D eigenvalue weighted by molar-refractivity contribution is 6.42. The van der Waals surface area contributed by atoms with Gasteiger partial charge < -0.3 is 19.8 Å². The zero-order chi connectivity index (χ0) is 27.4. The number of likely N-dealkylation sites (tertiary alicyclic amines) is 1. The topological polar surface area (TPSA) is 72.2 Å². The number of amides is 2. The molecule has 202 valence electrons. The van der Waals surface area contributed by atoms with E-state index in [9.17, 15) is 9.59 Å². The van der Waals surface area contributed by atoms with Crippen LogP contribution in [-0.4, -0.2) is 46.3 Å². The Morgan fingerprint density at radius 1 is 0.825 bits per heavy atom.